The lowest BCUT2D eigenvalue weighted by Gasteiger charge is -2.20. The van der Waals surface area contributed by atoms with Crippen molar-refractivity contribution >= 4 is 34.3 Å². The average Bonchev–Trinajstić information content (AvgIpc) is 3.33. The maximum absolute atomic E-state index is 14.7. The predicted molar refractivity (Wildman–Crippen MR) is 122 cm³/mol. The van der Waals surface area contributed by atoms with E-state index in [1.54, 1.807) is 16.9 Å². The summed E-state index contributed by atoms with van der Waals surface area (Å²) in [6, 6.07) is 10.2. The van der Waals surface area contributed by atoms with Crippen molar-refractivity contribution in [3.63, 3.8) is 0 Å². The zero-order valence-electron chi connectivity index (χ0n) is 17.8. The van der Waals surface area contributed by atoms with E-state index < -0.39 is 23.9 Å². The minimum absolute atomic E-state index is 0.0668. The number of nitrogens with zero attached hydrogens (tertiary/aromatic N) is 4. The van der Waals surface area contributed by atoms with Crippen LogP contribution in [0.1, 0.15) is 34.5 Å². The van der Waals surface area contributed by atoms with Gasteiger partial charge in [0, 0.05) is 24.5 Å². The minimum atomic E-state index is -0.718. The summed E-state index contributed by atoms with van der Waals surface area (Å²) in [4.78, 5) is 20.5. The van der Waals surface area contributed by atoms with E-state index >= 15 is 0 Å². The number of aliphatic hydroxyl groups is 1. The van der Waals surface area contributed by atoms with E-state index in [1.165, 1.54) is 12.3 Å². The fourth-order valence-electron chi connectivity index (χ4n) is 4.19. The molecule has 1 amide bonds. The summed E-state index contributed by atoms with van der Waals surface area (Å²) < 4.78 is 16.4. The van der Waals surface area contributed by atoms with Crippen LogP contribution in [0.4, 0.5) is 21.8 Å². The monoisotopic (exact) mass is 447 g/mol. The Kier molecular flexibility index (Phi) is 5.14. The van der Waals surface area contributed by atoms with Gasteiger partial charge in [-0.1, -0.05) is 24.3 Å². The Bertz CT molecular complexity index is 1370. The van der Waals surface area contributed by atoms with Crippen molar-refractivity contribution in [1.82, 2.24) is 19.7 Å². The molecule has 10 heteroatoms. The molecule has 0 bridgehead atoms. The quantitative estimate of drug-likeness (QED) is 0.357. The number of fused-ring (bicyclic) bond motifs is 2. The number of nitrogens with one attached hydrogen (secondary N) is 2. The van der Waals surface area contributed by atoms with Gasteiger partial charge in [-0.15, -0.1) is 0 Å². The van der Waals surface area contributed by atoms with E-state index in [2.05, 4.69) is 25.7 Å². The average molecular weight is 447 g/mol. The van der Waals surface area contributed by atoms with Gasteiger partial charge in [0.2, 0.25) is 5.95 Å². The Labute approximate surface area is 188 Å². The maximum atomic E-state index is 14.7. The van der Waals surface area contributed by atoms with Gasteiger partial charge in [-0.2, -0.15) is 10.1 Å². The van der Waals surface area contributed by atoms with Crippen LogP contribution < -0.4 is 16.4 Å². The SMILES string of the molecule is CCn1ncc2cc(F)c(Nc3ncc(C(N)=O)c(N[C@H]4c5ccccc5C[C@H]4O)n3)cc21. The number of benzene rings is 2. The third kappa shape index (κ3) is 3.74. The molecule has 2 aromatic carbocycles. The van der Waals surface area contributed by atoms with Crippen molar-refractivity contribution in [2.75, 3.05) is 10.6 Å². The zero-order chi connectivity index (χ0) is 23.1. The van der Waals surface area contributed by atoms with Gasteiger partial charge >= 0.3 is 0 Å². The number of hydrogen-bond donors (Lipinski definition) is 4. The van der Waals surface area contributed by atoms with Crippen LogP contribution in [0.2, 0.25) is 0 Å². The molecule has 33 heavy (non-hydrogen) atoms. The normalized spacial score (nSPS) is 17.2. The number of rotatable bonds is 6. The molecule has 4 aromatic rings. The van der Waals surface area contributed by atoms with Crippen molar-refractivity contribution in [3.05, 3.63) is 71.3 Å². The lowest BCUT2D eigenvalue weighted by molar-refractivity contribution is 0.1000. The lowest BCUT2D eigenvalue weighted by Crippen LogP contribution is -2.24. The first-order valence-corrected chi connectivity index (χ1v) is 10.6. The maximum Gasteiger partial charge on any atom is 0.254 e. The van der Waals surface area contributed by atoms with E-state index in [1.807, 2.05) is 31.2 Å². The van der Waals surface area contributed by atoms with Crippen LogP contribution >= 0.6 is 0 Å². The Hall–Kier alpha value is -4.05. The first-order chi connectivity index (χ1) is 15.9. The molecule has 0 saturated heterocycles. The van der Waals surface area contributed by atoms with Crippen molar-refractivity contribution in [1.29, 1.82) is 0 Å². The molecule has 0 unspecified atom stereocenters. The molecule has 0 radical (unpaired) electrons. The van der Waals surface area contributed by atoms with Gasteiger partial charge in [0.25, 0.3) is 5.91 Å². The second-order valence-corrected chi connectivity index (χ2v) is 7.89. The number of carbonyl (C=O) groups excluding carboxylic acids is 1. The second-order valence-electron chi connectivity index (χ2n) is 7.89. The van der Waals surface area contributed by atoms with Gasteiger partial charge < -0.3 is 21.5 Å². The molecule has 5 N–H and O–H groups in total. The Morgan fingerprint density at radius 1 is 1.30 bits per heavy atom. The zero-order valence-corrected chi connectivity index (χ0v) is 17.8. The number of primary amides is 1. The first-order valence-electron chi connectivity index (χ1n) is 10.6. The van der Waals surface area contributed by atoms with Crippen molar-refractivity contribution < 1.29 is 14.3 Å². The molecule has 2 heterocycles. The Balaban J connectivity index is 1.49. The molecule has 0 fully saturated rings. The first kappa shape index (κ1) is 20.8. The van der Waals surface area contributed by atoms with Crippen LogP contribution in [0, 0.1) is 5.82 Å². The summed E-state index contributed by atoms with van der Waals surface area (Å²) in [6.07, 6.45) is 2.66. The van der Waals surface area contributed by atoms with Gasteiger partial charge in [0.1, 0.15) is 11.6 Å². The van der Waals surface area contributed by atoms with Crippen molar-refractivity contribution in [2.24, 2.45) is 5.73 Å². The molecule has 1 aliphatic carbocycles. The van der Waals surface area contributed by atoms with Gasteiger partial charge in [-0.25, -0.2) is 9.37 Å². The number of amides is 1. The fourth-order valence-corrected chi connectivity index (χ4v) is 4.19. The predicted octanol–water partition coefficient (Wildman–Crippen LogP) is 2.90. The van der Waals surface area contributed by atoms with E-state index in [9.17, 15) is 14.3 Å². The van der Waals surface area contributed by atoms with Crippen LogP contribution in [0.25, 0.3) is 10.9 Å². The standard InChI is InChI=1S/C23H22FN7O2/c1-2-31-18-9-17(16(24)7-13(18)10-27-31)28-23-26-11-15(21(25)33)22(30-23)29-20-14-6-4-3-5-12(14)8-19(20)32/h3-7,9-11,19-20,32H,2,8H2,1H3,(H2,25,33)(H2,26,28,29,30)/t19-,20+/m1/s1. The fraction of sp³-hybridized carbons (Fsp3) is 0.217. The van der Waals surface area contributed by atoms with Crippen LogP contribution in [0.3, 0.4) is 0 Å². The van der Waals surface area contributed by atoms with Gasteiger partial charge in [0.05, 0.1) is 35.1 Å². The minimum Gasteiger partial charge on any atom is -0.390 e. The molecule has 5 rings (SSSR count). The van der Waals surface area contributed by atoms with Crippen LogP contribution in [0.15, 0.2) is 48.8 Å². The molecule has 1 aliphatic rings. The van der Waals surface area contributed by atoms with Crippen LogP contribution in [-0.2, 0) is 13.0 Å². The van der Waals surface area contributed by atoms with Crippen molar-refractivity contribution in [3.8, 4) is 0 Å². The summed E-state index contributed by atoms with van der Waals surface area (Å²) in [7, 11) is 0. The topological polar surface area (TPSA) is 131 Å². The number of nitrogens with two attached hydrogens (primary N) is 1. The van der Waals surface area contributed by atoms with E-state index in [4.69, 9.17) is 5.73 Å². The summed E-state index contributed by atoms with van der Waals surface area (Å²) in [5.41, 5.74) is 8.44. The largest absolute Gasteiger partial charge is 0.390 e. The number of carbonyl (C=O) groups is 1. The number of aromatic nitrogens is 4. The third-order valence-electron chi connectivity index (χ3n) is 5.83. The highest BCUT2D eigenvalue weighted by Crippen LogP contribution is 2.34. The highest BCUT2D eigenvalue weighted by Gasteiger charge is 2.32. The molecular weight excluding hydrogens is 425 g/mol. The van der Waals surface area contributed by atoms with Crippen molar-refractivity contribution in [2.45, 2.75) is 32.0 Å². The Morgan fingerprint density at radius 2 is 2.12 bits per heavy atom. The Morgan fingerprint density at radius 3 is 2.91 bits per heavy atom. The second kappa shape index (κ2) is 8.14. The molecule has 2 atom stereocenters. The number of hydrogen-bond acceptors (Lipinski definition) is 7. The third-order valence-corrected chi connectivity index (χ3v) is 5.83. The van der Waals surface area contributed by atoms with E-state index in [0.717, 1.165) is 16.6 Å². The summed E-state index contributed by atoms with van der Waals surface area (Å²) in [5.74, 6) is -0.982. The highest BCUT2D eigenvalue weighted by molar-refractivity contribution is 5.97. The van der Waals surface area contributed by atoms with Crippen LogP contribution in [0.5, 0.6) is 0 Å². The van der Waals surface area contributed by atoms with Gasteiger partial charge in [-0.05, 0) is 30.2 Å². The molecule has 168 valence electrons. The smallest absolute Gasteiger partial charge is 0.254 e. The summed E-state index contributed by atoms with van der Waals surface area (Å²) >= 11 is 0. The molecule has 0 aliphatic heterocycles. The molecular formula is C23H22FN7O2. The van der Waals surface area contributed by atoms with Crippen LogP contribution in [-0.4, -0.2) is 36.9 Å². The molecule has 9 nitrogen and oxygen atoms in total. The number of halogens is 1. The molecule has 0 saturated carbocycles. The molecule has 2 aromatic heterocycles. The number of aryl methyl sites for hydroxylation is 1. The van der Waals surface area contributed by atoms with Gasteiger partial charge in [0.15, 0.2) is 0 Å². The van der Waals surface area contributed by atoms with Gasteiger partial charge in [-0.3, -0.25) is 9.48 Å². The summed E-state index contributed by atoms with van der Waals surface area (Å²) in [5, 5.41) is 21.5. The number of aliphatic hydroxyl groups excluding tert-OH is 1. The molecule has 0 spiro atoms. The number of anilines is 3. The highest BCUT2D eigenvalue weighted by atomic mass is 19.1. The van der Waals surface area contributed by atoms with E-state index in [0.29, 0.717) is 18.4 Å². The summed E-state index contributed by atoms with van der Waals surface area (Å²) in [6.45, 7) is 2.58. The van der Waals surface area contributed by atoms with E-state index in [-0.39, 0.29) is 23.0 Å². The lowest BCUT2D eigenvalue weighted by atomic mass is 10.1.